The second-order valence-electron chi connectivity index (χ2n) is 15.4. The number of rotatable bonds is 17. The zero-order chi connectivity index (χ0) is 36.9. The molecule has 3 fully saturated rings. The third-order valence-corrected chi connectivity index (χ3v) is 12.8. The van der Waals surface area contributed by atoms with Crippen LogP contribution in [0.5, 0.6) is 11.5 Å². The molecule has 5 atom stereocenters. The van der Waals surface area contributed by atoms with Crippen LogP contribution in [0.1, 0.15) is 70.8 Å². The summed E-state index contributed by atoms with van der Waals surface area (Å²) < 4.78 is 52.7. The van der Waals surface area contributed by atoms with Gasteiger partial charge in [0.2, 0.25) is 22.7 Å². The lowest BCUT2D eigenvalue weighted by Crippen LogP contribution is -2.58. The number of nitrogens with one attached hydrogen (secondary N) is 1. The van der Waals surface area contributed by atoms with E-state index in [2.05, 4.69) is 5.32 Å². The van der Waals surface area contributed by atoms with E-state index in [4.69, 9.17) is 18.9 Å². The van der Waals surface area contributed by atoms with Crippen LogP contribution < -0.4 is 14.8 Å². The van der Waals surface area contributed by atoms with E-state index in [0.717, 1.165) is 12.0 Å². The Labute approximate surface area is 306 Å². The molecule has 6 rings (SSSR count). The molecular formula is C38H53N3O10S. The maximum atomic E-state index is 14.5. The van der Waals surface area contributed by atoms with Gasteiger partial charge in [-0.2, -0.15) is 4.31 Å². The summed E-state index contributed by atoms with van der Waals surface area (Å²) in [5.41, 5.74) is 0.155. The highest BCUT2D eigenvalue weighted by Gasteiger charge is 2.49. The molecule has 0 unspecified atom stereocenters. The SMILES string of the molecule is CC(C)(CCNC(=O)CCC1CCCC1)CN(C[C@@H](O)[C@H](Cc1ccccc1)N(C(=O)O)[C@H]1CO[C@H]2OCC[C@H]21)S(=O)(=O)c1ccc2c(c1)OCO2. The van der Waals surface area contributed by atoms with Crippen molar-refractivity contribution in [1.29, 1.82) is 0 Å². The van der Waals surface area contributed by atoms with Gasteiger partial charge in [0.05, 0.1) is 36.3 Å². The molecule has 0 spiro atoms. The fraction of sp³-hybridized carbons (Fsp3) is 0.632. The average Bonchev–Trinajstić information content (AvgIpc) is 3.94. The lowest BCUT2D eigenvalue weighted by Gasteiger charge is -2.40. The van der Waals surface area contributed by atoms with E-state index in [0.29, 0.717) is 49.8 Å². The number of aliphatic hydroxyl groups is 1. The van der Waals surface area contributed by atoms with Crippen molar-refractivity contribution >= 4 is 22.0 Å². The third-order valence-electron chi connectivity index (χ3n) is 11.0. The second-order valence-corrected chi connectivity index (χ2v) is 17.3. The van der Waals surface area contributed by atoms with E-state index in [9.17, 15) is 28.2 Å². The van der Waals surface area contributed by atoms with Crippen LogP contribution in [0.3, 0.4) is 0 Å². The molecule has 14 heteroatoms. The largest absolute Gasteiger partial charge is 0.465 e. The highest BCUT2D eigenvalue weighted by Crippen LogP contribution is 2.38. The summed E-state index contributed by atoms with van der Waals surface area (Å²) in [4.78, 5) is 27.0. The van der Waals surface area contributed by atoms with Gasteiger partial charge in [0.25, 0.3) is 0 Å². The molecule has 2 saturated heterocycles. The molecule has 2 amide bonds. The van der Waals surface area contributed by atoms with Gasteiger partial charge in [-0.3, -0.25) is 9.69 Å². The first-order chi connectivity index (χ1) is 24.9. The number of nitrogens with zero attached hydrogens (tertiary/aromatic N) is 2. The molecule has 4 aliphatic rings. The van der Waals surface area contributed by atoms with Gasteiger partial charge in [-0.15, -0.1) is 0 Å². The predicted octanol–water partition coefficient (Wildman–Crippen LogP) is 4.62. The molecule has 2 aromatic rings. The zero-order valence-electron chi connectivity index (χ0n) is 30.2. The first-order valence-electron chi connectivity index (χ1n) is 18.5. The summed E-state index contributed by atoms with van der Waals surface area (Å²) in [5, 5.41) is 25.8. The molecule has 13 nitrogen and oxygen atoms in total. The van der Waals surface area contributed by atoms with Crippen molar-refractivity contribution in [3.05, 3.63) is 54.1 Å². The lowest BCUT2D eigenvalue weighted by molar-refractivity contribution is -0.121. The Morgan fingerprint density at radius 3 is 2.52 bits per heavy atom. The molecule has 1 saturated carbocycles. The van der Waals surface area contributed by atoms with E-state index in [1.165, 1.54) is 47.0 Å². The predicted molar refractivity (Wildman–Crippen MR) is 191 cm³/mol. The van der Waals surface area contributed by atoms with Gasteiger partial charge < -0.3 is 34.5 Å². The van der Waals surface area contributed by atoms with Crippen LogP contribution in [0.2, 0.25) is 0 Å². The standard InChI is InChI=1S/C38H53N3O10S/c1-38(2,17-18-39-35(43)15-12-26-8-6-7-9-26)24-40(52(46,47)28-13-14-33-34(21-28)51-25-50-33)22-32(42)30(20-27-10-4-3-5-11-27)41(37(44)45)31-23-49-36-29(31)16-19-48-36/h3-5,10-11,13-14,21,26,29-32,36,42H,6-9,12,15-20,22-25H2,1-2H3,(H,39,43)(H,44,45)/t29-,30-,31-,32+,36+/m0/s1. The number of hydrogen-bond donors (Lipinski definition) is 3. The molecule has 3 aliphatic heterocycles. The third kappa shape index (κ3) is 9.19. The Balaban J connectivity index is 1.24. The molecule has 3 heterocycles. The zero-order valence-corrected chi connectivity index (χ0v) is 31.0. The van der Waals surface area contributed by atoms with Crippen LogP contribution in [0.4, 0.5) is 4.79 Å². The fourth-order valence-electron chi connectivity index (χ4n) is 8.12. The Kier molecular flexibility index (Phi) is 12.3. The molecule has 0 aromatic heterocycles. The second kappa shape index (κ2) is 16.7. The van der Waals surface area contributed by atoms with Crippen LogP contribution in [0.25, 0.3) is 0 Å². The molecule has 0 bridgehead atoms. The summed E-state index contributed by atoms with van der Waals surface area (Å²) in [6, 6.07) is 12.1. The first kappa shape index (κ1) is 38.3. The minimum absolute atomic E-state index is 0.00497. The van der Waals surface area contributed by atoms with Crippen LogP contribution in [0, 0.1) is 17.3 Å². The first-order valence-corrected chi connectivity index (χ1v) is 20.0. The monoisotopic (exact) mass is 743 g/mol. The van der Waals surface area contributed by atoms with Crippen LogP contribution >= 0.6 is 0 Å². The molecule has 0 radical (unpaired) electrons. The molecule has 286 valence electrons. The maximum absolute atomic E-state index is 14.5. The number of ether oxygens (including phenoxy) is 4. The van der Waals surface area contributed by atoms with Gasteiger partial charge in [-0.05, 0) is 54.7 Å². The molecule has 3 N–H and O–H groups in total. The van der Waals surface area contributed by atoms with E-state index in [-0.39, 0.29) is 49.6 Å². The van der Waals surface area contributed by atoms with Crippen molar-refractivity contribution in [2.45, 2.75) is 101 Å². The number of sulfonamides is 1. The maximum Gasteiger partial charge on any atom is 0.407 e. The van der Waals surface area contributed by atoms with Crippen LogP contribution in [-0.4, -0.2) is 104 Å². The van der Waals surface area contributed by atoms with E-state index < -0.39 is 46.0 Å². The highest BCUT2D eigenvalue weighted by atomic mass is 32.2. The minimum Gasteiger partial charge on any atom is -0.465 e. The molecular weight excluding hydrogens is 690 g/mol. The van der Waals surface area contributed by atoms with Gasteiger partial charge >= 0.3 is 6.09 Å². The van der Waals surface area contributed by atoms with Crippen molar-refractivity contribution < 1.29 is 47.2 Å². The van der Waals surface area contributed by atoms with Gasteiger partial charge in [-0.25, -0.2) is 13.2 Å². The van der Waals surface area contributed by atoms with Crippen molar-refractivity contribution in [1.82, 2.24) is 14.5 Å². The lowest BCUT2D eigenvalue weighted by atomic mass is 9.89. The van der Waals surface area contributed by atoms with E-state index >= 15 is 0 Å². The van der Waals surface area contributed by atoms with Crippen LogP contribution in [-0.2, 0) is 30.7 Å². The Morgan fingerprint density at radius 2 is 1.77 bits per heavy atom. The fourth-order valence-corrected chi connectivity index (χ4v) is 9.78. The number of carbonyl (C=O) groups is 2. The minimum atomic E-state index is -4.26. The topological polar surface area (TPSA) is 164 Å². The van der Waals surface area contributed by atoms with Crippen molar-refractivity contribution in [3.8, 4) is 11.5 Å². The summed E-state index contributed by atoms with van der Waals surface area (Å²) >= 11 is 0. The Bertz CT molecular complexity index is 1630. The number of carboxylic acid groups (broad SMARTS) is 1. The summed E-state index contributed by atoms with van der Waals surface area (Å²) in [6.07, 6.45) is 4.25. The number of carbonyl (C=O) groups excluding carboxylic acids is 1. The van der Waals surface area contributed by atoms with Crippen molar-refractivity contribution in [3.63, 3.8) is 0 Å². The smallest absolute Gasteiger partial charge is 0.407 e. The van der Waals surface area contributed by atoms with Gasteiger partial charge in [0.1, 0.15) is 0 Å². The number of benzene rings is 2. The molecule has 1 aliphatic carbocycles. The summed E-state index contributed by atoms with van der Waals surface area (Å²) in [7, 11) is -4.26. The number of amides is 2. The summed E-state index contributed by atoms with van der Waals surface area (Å²) in [6.45, 7) is 4.36. The van der Waals surface area contributed by atoms with Gasteiger partial charge in [0.15, 0.2) is 17.8 Å². The quantitative estimate of drug-likeness (QED) is 0.208. The van der Waals surface area contributed by atoms with Crippen molar-refractivity contribution in [2.75, 3.05) is 39.6 Å². The Morgan fingerprint density at radius 1 is 1.02 bits per heavy atom. The average molecular weight is 744 g/mol. The number of aliphatic hydroxyl groups excluding tert-OH is 1. The Hall–Kier alpha value is -3.43. The number of fused-ring (bicyclic) bond motifs is 2. The highest BCUT2D eigenvalue weighted by molar-refractivity contribution is 7.89. The molecule has 52 heavy (non-hydrogen) atoms. The molecule has 2 aromatic carbocycles. The van der Waals surface area contributed by atoms with E-state index in [1.54, 1.807) is 6.07 Å². The normalized spacial score (nSPS) is 22.7. The number of hydrogen-bond acceptors (Lipinski definition) is 9. The van der Waals surface area contributed by atoms with Crippen molar-refractivity contribution in [2.24, 2.45) is 17.3 Å². The summed E-state index contributed by atoms with van der Waals surface area (Å²) in [5.74, 6) is 1.13. The van der Waals surface area contributed by atoms with Gasteiger partial charge in [-0.1, -0.05) is 69.9 Å². The van der Waals surface area contributed by atoms with Crippen LogP contribution in [0.15, 0.2) is 53.4 Å². The van der Waals surface area contributed by atoms with E-state index in [1.807, 2.05) is 44.2 Å². The van der Waals surface area contributed by atoms with Gasteiger partial charge in [0, 0.05) is 38.0 Å².